The Morgan fingerprint density at radius 1 is 1.29 bits per heavy atom. The highest BCUT2D eigenvalue weighted by atomic mass is 16.5. The quantitative estimate of drug-likeness (QED) is 0.769. The number of hydrogen-bond donors (Lipinski definition) is 2. The molecule has 0 spiro atoms. The van der Waals surface area contributed by atoms with Crippen molar-refractivity contribution in [2.24, 2.45) is 0 Å². The standard InChI is InChI=1S/C13H28N2O2/c1-10-7-15(8-11(2)17-10)9-12(16)6-14-13(3,4)5/h10-12,14,16H,6-9H2,1-5H3/t10-,11+,12?. The van der Waals surface area contributed by atoms with Crippen LogP contribution < -0.4 is 5.32 Å². The average molecular weight is 244 g/mol. The molecular formula is C13H28N2O2. The molecule has 0 aliphatic carbocycles. The lowest BCUT2D eigenvalue weighted by Gasteiger charge is -2.36. The predicted molar refractivity (Wildman–Crippen MR) is 70.2 cm³/mol. The Morgan fingerprint density at radius 2 is 1.82 bits per heavy atom. The van der Waals surface area contributed by atoms with Crippen LogP contribution in [-0.4, -0.2) is 60.0 Å². The summed E-state index contributed by atoms with van der Waals surface area (Å²) in [5.74, 6) is 0. The number of morpholine rings is 1. The number of nitrogens with zero attached hydrogens (tertiary/aromatic N) is 1. The maximum atomic E-state index is 9.99. The third kappa shape index (κ3) is 6.36. The molecule has 0 saturated carbocycles. The van der Waals surface area contributed by atoms with Crippen molar-refractivity contribution < 1.29 is 9.84 Å². The van der Waals surface area contributed by atoms with E-state index in [9.17, 15) is 5.11 Å². The predicted octanol–water partition coefficient (Wildman–Crippen LogP) is 0.845. The fraction of sp³-hybridized carbons (Fsp3) is 1.00. The third-order valence-corrected chi connectivity index (χ3v) is 2.83. The number of nitrogens with one attached hydrogen (secondary N) is 1. The molecule has 4 heteroatoms. The molecule has 1 fully saturated rings. The first-order valence-electron chi connectivity index (χ1n) is 6.57. The van der Waals surface area contributed by atoms with Crippen LogP contribution in [0.5, 0.6) is 0 Å². The third-order valence-electron chi connectivity index (χ3n) is 2.83. The topological polar surface area (TPSA) is 44.7 Å². The molecule has 3 atom stereocenters. The zero-order chi connectivity index (χ0) is 13.1. The van der Waals surface area contributed by atoms with E-state index < -0.39 is 0 Å². The Hall–Kier alpha value is -0.160. The summed E-state index contributed by atoms with van der Waals surface area (Å²) in [5, 5.41) is 13.3. The van der Waals surface area contributed by atoms with Crippen LogP contribution in [0.25, 0.3) is 0 Å². The number of hydrogen-bond acceptors (Lipinski definition) is 4. The van der Waals surface area contributed by atoms with Crippen molar-refractivity contribution in [2.75, 3.05) is 26.2 Å². The van der Waals surface area contributed by atoms with Crippen molar-refractivity contribution in [1.29, 1.82) is 0 Å². The molecule has 0 bridgehead atoms. The van der Waals surface area contributed by atoms with E-state index in [0.29, 0.717) is 6.54 Å². The van der Waals surface area contributed by atoms with Gasteiger partial charge in [0, 0.05) is 31.7 Å². The molecule has 0 amide bonds. The molecule has 0 aromatic rings. The van der Waals surface area contributed by atoms with E-state index >= 15 is 0 Å². The Morgan fingerprint density at radius 3 is 2.29 bits per heavy atom. The van der Waals surface area contributed by atoms with Gasteiger partial charge in [-0.3, -0.25) is 4.90 Å². The molecule has 1 aliphatic rings. The summed E-state index contributed by atoms with van der Waals surface area (Å²) in [6, 6.07) is 0. The van der Waals surface area contributed by atoms with E-state index in [1.54, 1.807) is 0 Å². The van der Waals surface area contributed by atoms with Gasteiger partial charge >= 0.3 is 0 Å². The van der Waals surface area contributed by atoms with Crippen molar-refractivity contribution in [3.8, 4) is 0 Å². The zero-order valence-electron chi connectivity index (χ0n) is 11.9. The summed E-state index contributed by atoms with van der Waals surface area (Å²) in [6.45, 7) is 13.7. The van der Waals surface area contributed by atoms with E-state index in [-0.39, 0.29) is 23.9 Å². The van der Waals surface area contributed by atoms with Crippen LogP contribution in [-0.2, 0) is 4.74 Å². The second-order valence-corrected chi connectivity index (χ2v) is 6.26. The number of aliphatic hydroxyl groups is 1. The molecule has 1 rings (SSSR count). The van der Waals surface area contributed by atoms with Gasteiger partial charge in [0.2, 0.25) is 0 Å². The number of ether oxygens (including phenoxy) is 1. The number of aliphatic hydroxyl groups excluding tert-OH is 1. The molecule has 1 heterocycles. The smallest absolute Gasteiger partial charge is 0.0791 e. The first kappa shape index (κ1) is 14.9. The van der Waals surface area contributed by atoms with Crippen molar-refractivity contribution in [3.63, 3.8) is 0 Å². The van der Waals surface area contributed by atoms with Crippen LogP contribution >= 0.6 is 0 Å². The number of rotatable bonds is 4. The lowest BCUT2D eigenvalue weighted by atomic mass is 10.1. The van der Waals surface area contributed by atoms with E-state index in [1.807, 2.05) is 0 Å². The molecule has 17 heavy (non-hydrogen) atoms. The van der Waals surface area contributed by atoms with E-state index in [4.69, 9.17) is 4.74 Å². The van der Waals surface area contributed by atoms with E-state index in [0.717, 1.165) is 19.6 Å². The minimum absolute atomic E-state index is 0.0621. The first-order chi connectivity index (χ1) is 7.76. The Labute approximate surface area is 105 Å². The van der Waals surface area contributed by atoms with Crippen LogP contribution in [0.4, 0.5) is 0 Å². The Kier molecular flexibility index (Phi) is 5.38. The highest BCUT2D eigenvalue weighted by molar-refractivity contribution is 4.78. The highest BCUT2D eigenvalue weighted by Crippen LogP contribution is 2.11. The van der Waals surface area contributed by atoms with Gasteiger partial charge in [-0.05, 0) is 34.6 Å². The van der Waals surface area contributed by atoms with Gasteiger partial charge in [-0.1, -0.05) is 0 Å². The summed E-state index contributed by atoms with van der Waals surface area (Å²) in [6.07, 6.45) is 0.217. The zero-order valence-corrected chi connectivity index (χ0v) is 11.9. The fourth-order valence-electron chi connectivity index (χ4n) is 2.22. The summed E-state index contributed by atoms with van der Waals surface area (Å²) < 4.78 is 5.67. The minimum Gasteiger partial charge on any atom is -0.390 e. The van der Waals surface area contributed by atoms with Crippen molar-refractivity contribution in [1.82, 2.24) is 10.2 Å². The van der Waals surface area contributed by atoms with Gasteiger partial charge in [-0.25, -0.2) is 0 Å². The summed E-state index contributed by atoms with van der Waals surface area (Å²) in [5.41, 5.74) is 0.0621. The van der Waals surface area contributed by atoms with Crippen molar-refractivity contribution >= 4 is 0 Å². The minimum atomic E-state index is -0.313. The Balaban J connectivity index is 2.28. The maximum Gasteiger partial charge on any atom is 0.0791 e. The second-order valence-electron chi connectivity index (χ2n) is 6.26. The largest absolute Gasteiger partial charge is 0.390 e. The summed E-state index contributed by atoms with van der Waals surface area (Å²) >= 11 is 0. The molecule has 1 saturated heterocycles. The van der Waals surface area contributed by atoms with Gasteiger partial charge in [0.05, 0.1) is 18.3 Å². The summed E-state index contributed by atoms with van der Waals surface area (Å²) in [4.78, 5) is 2.29. The summed E-state index contributed by atoms with van der Waals surface area (Å²) in [7, 11) is 0. The molecule has 0 aromatic carbocycles. The maximum absolute atomic E-state index is 9.99. The molecule has 102 valence electrons. The van der Waals surface area contributed by atoms with Crippen LogP contribution in [0.15, 0.2) is 0 Å². The van der Waals surface area contributed by atoms with Crippen LogP contribution in [0.2, 0.25) is 0 Å². The van der Waals surface area contributed by atoms with Gasteiger partial charge in [0.15, 0.2) is 0 Å². The van der Waals surface area contributed by atoms with Gasteiger partial charge in [0.1, 0.15) is 0 Å². The monoisotopic (exact) mass is 244 g/mol. The average Bonchev–Trinajstić information content (AvgIpc) is 2.11. The molecule has 0 aromatic heterocycles. The van der Waals surface area contributed by atoms with Crippen LogP contribution in [0.1, 0.15) is 34.6 Å². The molecule has 1 aliphatic heterocycles. The molecular weight excluding hydrogens is 216 g/mol. The van der Waals surface area contributed by atoms with Crippen LogP contribution in [0, 0.1) is 0 Å². The van der Waals surface area contributed by atoms with E-state index in [1.165, 1.54) is 0 Å². The second kappa shape index (κ2) is 6.14. The highest BCUT2D eigenvalue weighted by Gasteiger charge is 2.24. The van der Waals surface area contributed by atoms with Crippen molar-refractivity contribution in [3.05, 3.63) is 0 Å². The molecule has 2 N–H and O–H groups in total. The molecule has 4 nitrogen and oxygen atoms in total. The van der Waals surface area contributed by atoms with E-state index in [2.05, 4.69) is 44.8 Å². The SMILES string of the molecule is C[C@@H]1CN(CC(O)CNC(C)(C)C)C[C@H](C)O1. The first-order valence-corrected chi connectivity index (χ1v) is 6.57. The van der Waals surface area contributed by atoms with Gasteiger partial charge < -0.3 is 15.2 Å². The van der Waals surface area contributed by atoms with Gasteiger partial charge in [-0.2, -0.15) is 0 Å². The van der Waals surface area contributed by atoms with Gasteiger partial charge in [-0.15, -0.1) is 0 Å². The fourth-order valence-corrected chi connectivity index (χ4v) is 2.22. The lowest BCUT2D eigenvalue weighted by molar-refractivity contribution is -0.0764. The molecule has 0 radical (unpaired) electrons. The van der Waals surface area contributed by atoms with Crippen molar-refractivity contribution in [2.45, 2.75) is 58.5 Å². The van der Waals surface area contributed by atoms with Crippen LogP contribution in [0.3, 0.4) is 0 Å². The lowest BCUT2D eigenvalue weighted by Crippen LogP contribution is -2.50. The number of β-amino-alcohol motifs (C(OH)–C–C–N with tert-alkyl or cyclic N) is 1. The van der Waals surface area contributed by atoms with Gasteiger partial charge in [0.25, 0.3) is 0 Å². The Bertz CT molecular complexity index is 218. The normalized spacial score (nSPS) is 29.3. The molecule has 1 unspecified atom stereocenters.